The van der Waals surface area contributed by atoms with E-state index < -0.39 is 5.97 Å². The number of carboxylic acid groups (broad SMARTS) is 1. The third-order valence-corrected chi connectivity index (χ3v) is 2.43. The van der Waals surface area contributed by atoms with Gasteiger partial charge in [-0.1, -0.05) is 26.7 Å². The number of rotatable bonds is 5. The predicted octanol–water partition coefficient (Wildman–Crippen LogP) is 2.02. The van der Waals surface area contributed by atoms with Crippen LogP contribution in [-0.4, -0.2) is 20.9 Å². The summed E-state index contributed by atoms with van der Waals surface area (Å²) in [7, 11) is 1.82. The van der Waals surface area contributed by atoms with Crippen LogP contribution in [0.5, 0.6) is 0 Å². The standard InChI is InChI=1S/C11H18N2O2/c1-4-6-8-10(11(14)15)9(7-5-2)13(3)12-8/h4-7H2,1-3H3,(H,14,15). The number of hydrogen-bond acceptors (Lipinski definition) is 2. The Hall–Kier alpha value is -1.32. The molecule has 0 aliphatic carbocycles. The predicted molar refractivity (Wildman–Crippen MR) is 58.2 cm³/mol. The van der Waals surface area contributed by atoms with E-state index in [2.05, 4.69) is 5.10 Å². The van der Waals surface area contributed by atoms with Crippen LogP contribution in [-0.2, 0) is 19.9 Å². The number of aryl methyl sites for hydroxylation is 2. The monoisotopic (exact) mass is 210 g/mol. The molecule has 0 spiro atoms. The second kappa shape index (κ2) is 4.96. The van der Waals surface area contributed by atoms with Gasteiger partial charge in [-0.3, -0.25) is 4.68 Å². The van der Waals surface area contributed by atoms with Crippen molar-refractivity contribution in [2.24, 2.45) is 7.05 Å². The molecule has 0 amide bonds. The van der Waals surface area contributed by atoms with Gasteiger partial charge < -0.3 is 5.11 Å². The Morgan fingerprint density at radius 3 is 2.40 bits per heavy atom. The summed E-state index contributed by atoms with van der Waals surface area (Å²) in [5.74, 6) is -0.852. The fourth-order valence-electron chi connectivity index (χ4n) is 1.80. The van der Waals surface area contributed by atoms with E-state index in [1.165, 1.54) is 0 Å². The minimum absolute atomic E-state index is 0.418. The van der Waals surface area contributed by atoms with E-state index in [0.717, 1.165) is 37.1 Å². The molecule has 1 rings (SSSR count). The molecule has 4 nitrogen and oxygen atoms in total. The first-order valence-corrected chi connectivity index (χ1v) is 5.39. The minimum atomic E-state index is -0.852. The molecule has 1 N–H and O–H groups in total. The van der Waals surface area contributed by atoms with Crippen molar-refractivity contribution < 1.29 is 9.90 Å². The first-order chi connectivity index (χ1) is 7.11. The Labute approximate surface area is 89.9 Å². The van der Waals surface area contributed by atoms with Gasteiger partial charge in [0, 0.05) is 7.05 Å². The molecule has 1 aromatic heterocycles. The number of hydrogen-bond donors (Lipinski definition) is 1. The zero-order valence-electron chi connectivity index (χ0n) is 9.58. The molecule has 0 aliphatic rings. The molecule has 0 unspecified atom stereocenters. The molecule has 0 saturated carbocycles. The minimum Gasteiger partial charge on any atom is -0.478 e. The zero-order valence-corrected chi connectivity index (χ0v) is 9.58. The molecule has 84 valence electrons. The lowest BCUT2D eigenvalue weighted by Crippen LogP contribution is -2.05. The molecular formula is C11H18N2O2. The Morgan fingerprint density at radius 2 is 1.93 bits per heavy atom. The van der Waals surface area contributed by atoms with Gasteiger partial charge in [-0.2, -0.15) is 5.10 Å². The van der Waals surface area contributed by atoms with Crippen molar-refractivity contribution in [1.29, 1.82) is 0 Å². The molecule has 0 bridgehead atoms. The second-order valence-corrected chi connectivity index (χ2v) is 3.70. The fraction of sp³-hybridized carbons (Fsp3) is 0.636. The first kappa shape index (κ1) is 11.8. The van der Waals surface area contributed by atoms with Crippen molar-refractivity contribution in [3.63, 3.8) is 0 Å². The number of carbonyl (C=O) groups is 1. The topological polar surface area (TPSA) is 55.1 Å². The maximum absolute atomic E-state index is 11.2. The van der Waals surface area contributed by atoms with Crippen LogP contribution in [0.3, 0.4) is 0 Å². The molecule has 4 heteroatoms. The lowest BCUT2D eigenvalue weighted by atomic mass is 10.1. The van der Waals surface area contributed by atoms with E-state index in [-0.39, 0.29) is 0 Å². The highest BCUT2D eigenvalue weighted by molar-refractivity contribution is 5.90. The van der Waals surface area contributed by atoms with Gasteiger partial charge in [-0.05, 0) is 12.8 Å². The zero-order chi connectivity index (χ0) is 11.4. The Morgan fingerprint density at radius 1 is 1.33 bits per heavy atom. The van der Waals surface area contributed by atoms with Crippen molar-refractivity contribution in [1.82, 2.24) is 9.78 Å². The summed E-state index contributed by atoms with van der Waals surface area (Å²) in [6, 6.07) is 0. The first-order valence-electron chi connectivity index (χ1n) is 5.39. The van der Waals surface area contributed by atoms with Crippen LogP contribution in [0, 0.1) is 0 Å². The van der Waals surface area contributed by atoms with Crippen molar-refractivity contribution in [3.05, 3.63) is 17.0 Å². The summed E-state index contributed by atoms with van der Waals surface area (Å²) in [4.78, 5) is 11.2. The molecule has 15 heavy (non-hydrogen) atoms. The van der Waals surface area contributed by atoms with Crippen molar-refractivity contribution in [3.8, 4) is 0 Å². The van der Waals surface area contributed by atoms with E-state index in [9.17, 15) is 4.79 Å². The normalized spacial score (nSPS) is 10.6. The van der Waals surface area contributed by atoms with E-state index >= 15 is 0 Å². The van der Waals surface area contributed by atoms with Crippen LogP contribution in [0.1, 0.15) is 48.4 Å². The maximum atomic E-state index is 11.2. The van der Waals surface area contributed by atoms with E-state index in [0.29, 0.717) is 5.56 Å². The third-order valence-electron chi connectivity index (χ3n) is 2.43. The lowest BCUT2D eigenvalue weighted by molar-refractivity contribution is 0.0694. The molecule has 0 fully saturated rings. The largest absolute Gasteiger partial charge is 0.478 e. The highest BCUT2D eigenvalue weighted by atomic mass is 16.4. The Kier molecular flexibility index (Phi) is 3.88. The summed E-state index contributed by atoms with van der Waals surface area (Å²) in [6.07, 6.45) is 3.36. The van der Waals surface area contributed by atoms with Crippen LogP contribution in [0.15, 0.2) is 0 Å². The summed E-state index contributed by atoms with van der Waals surface area (Å²) in [5, 5.41) is 13.4. The van der Waals surface area contributed by atoms with Crippen LogP contribution < -0.4 is 0 Å². The van der Waals surface area contributed by atoms with Gasteiger partial charge in [0.05, 0.1) is 11.4 Å². The van der Waals surface area contributed by atoms with Gasteiger partial charge in [0.25, 0.3) is 0 Å². The molecule has 0 aliphatic heterocycles. The van der Waals surface area contributed by atoms with Gasteiger partial charge in [-0.25, -0.2) is 4.79 Å². The number of aromatic nitrogens is 2. The molecule has 0 aromatic carbocycles. The lowest BCUT2D eigenvalue weighted by Gasteiger charge is -2.01. The van der Waals surface area contributed by atoms with Crippen molar-refractivity contribution >= 4 is 5.97 Å². The van der Waals surface area contributed by atoms with E-state index in [4.69, 9.17) is 5.11 Å². The molecular weight excluding hydrogens is 192 g/mol. The molecule has 0 saturated heterocycles. The van der Waals surface area contributed by atoms with Crippen LogP contribution in [0.2, 0.25) is 0 Å². The molecule has 0 radical (unpaired) electrons. The average Bonchev–Trinajstić information content (AvgIpc) is 2.44. The van der Waals surface area contributed by atoms with Crippen LogP contribution >= 0.6 is 0 Å². The number of nitrogens with zero attached hydrogens (tertiary/aromatic N) is 2. The number of aromatic carboxylic acids is 1. The highest BCUT2D eigenvalue weighted by Gasteiger charge is 2.20. The van der Waals surface area contributed by atoms with Gasteiger partial charge in [-0.15, -0.1) is 0 Å². The average molecular weight is 210 g/mol. The number of carboxylic acids is 1. The Balaban J connectivity index is 3.18. The molecule has 1 aromatic rings. The van der Waals surface area contributed by atoms with Crippen LogP contribution in [0.4, 0.5) is 0 Å². The van der Waals surface area contributed by atoms with E-state index in [1.807, 2.05) is 20.9 Å². The van der Waals surface area contributed by atoms with Crippen LogP contribution in [0.25, 0.3) is 0 Å². The van der Waals surface area contributed by atoms with Gasteiger partial charge >= 0.3 is 5.97 Å². The van der Waals surface area contributed by atoms with E-state index in [1.54, 1.807) is 4.68 Å². The van der Waals surface area contributed by atoms with Gasteiger partial charge in [0.2, 0.25) is 0 Å². The van der Waals surface area contributed by atoms with Crippen molar-refractivity contribution in [2.45, 2.75) is 39.5 Å². The van der Waals surface area contributed by atoms with Crippen molar-refractivity contribution in [2.75, 3.05) is 0 Å². The summed E-state index contributed by atoms with van der Waals surface area (Å²) >= 11 is 0. The summed E-state index contributed by atoms with van der Waals surface area (Å²) in [5.41, 5.74) is 1.98. The highest BCUT2D eigenvalue weighted by Crippen LogP contribution is 2.17. The molecule has 0 atom stereocenters. The molecule has 1 heterocycles. The summed E-state index contributed by atoms with van der Waals surface area (Å²) < 4.78 is 1.71. The second-order valence-electron chi connectivity index (χ2n) is 3.70. The fourth-order valence-corrected chi connectivity index (χ4v) is 1.80. The van der Waals surface area contributed by atoms with Gasteiger partial charge in [0.1, 0.15) is 5.56 Å². The SMILES string of the molecule is CCCc1nn(C)c(CCC)c1C(=O)O. The smallest absolute Gasteiger partial charge is 0.339 e. The quantitative estimate of drug-likeness (QED) is 0.809. The third kappa shape index (κ3) is 2.37. The summed E-state index contributed by atoms with van der Waals surface area (Å²) in [6.45, 7) is 4.07. The maximum Gasteiger partial charge on any atom is 0.339 e. The van der Waals surface area contributed by atoms with Gasteiger partial charge in [0.15, 0.2) is 0 Å². The Bertz CT molecular complexity index is 356.